The second-order valence-corrected chi connectivity index (χ2v) is 1.64. The van der Waals surface area contributed by atoms with E-state index in [4.69, 9.17) is 0 Å². The van der Waals surface area contributed by atoms with E-state index in [0.29, 0.717) is 12.8 Å². The zero-order valence-corrected chi connectivity index (χ0v) is 7.39. The van der Waals surface area contributed by atoms with Crippen molar-refractivity contribution in [1.29, 1.82) is 0 Å². The van der Waals surface area contributed by atoms with Crippen molar-refractivity contribution in [3.63, 3.8) is 0 Å². The molecular formula is C6H14LiN2O2. The summed E-state index contributed by atoms with van der Waals surface area (Å²) in [6, 6.07) is 0. The molecule has 0 rings (SSSR count). The molecule has 4 N–H and O–H groups in total. The minimum atomic E-state index is -0.245. The van der Waals surface area contributed by atoms with Gasteiger partial charge in [0.15, 0.2) is 0 Å². The molecule has 0 aromatic carbocycles. The van der Waals surface area contributed by atoms with Crippen LogP contribution in [0.25, 0.3) is 0 Å². The van der Waals surface area contributed by atoms with Crippen LogP contribution >= 0.6 is 0 Å². The summed E-state index contributed by atoms with van der Waals surface area (Å²) >= 11 is 0. The van der Waals surface area contributed by atoms with Crippen LogP contribution in [-0.2, 0) is 9.59 Å². The van der Waals surface area contributed by atoms with Crippen LogP contribution in [0.2, 0.25) is 0 Å². The number of hydrogen-bond donors (Lipinski definition) is 2. The maximum Gasteiger partial charge on any atom is 0.217 e. The fourth-order valence-corrected chi connectivity index (χ4v) is 0. The van der Waals surface area contributed by atoms with Gasteiger partial charge in [0.1, 0.15) is 0 Å². The van der Waals surface area contributed by atoms with Crippen LogP contribution in [0.1, 0.15) is 26.7 Å². The number of primary amides is 2. The molecule has 0 saturated heterocycles. The third-order valence-electron chi connectivity index (χ3n) is 0.697. The van der Waals surface area contributed by atoms with E-state index in [1.807, 2.05) is 0 Å². The summed E-state index contributed by atoms with van der Waals surface area (Å²) in [4.78, 5) is 19.2. The fraction of sp³-hybridized carbons (Fsp3) is 0.667. The first-order valence-electron chi connectivity index (χ1n) is 3.11. The largest absolute Gasteiger partial charge is 0.370 e. The Kier molecular flexibility index (Phi) is 18.8. The molecule has 0 aromatic heterocycles. The van der Waals surface area contributed by atoms with Crippen LogP contribution in [0.4, 0.5) is 0 Å². The Balaban J connectivity index is -0.000000107. The predicted molar refractivity (Wildman–Crippen MR) is 44.7 cm³/mol. The summed E-state index contributed by atoms with van der Waals surface area (Å²) in [5.41, 5.74) is 9.31. The molecule has 0 heterocycles. The quantitative estimate of drug-likeness (QED) is 0.518. The van der Waals surface area contributed by atoms with Crippen molar-refractivity contribution in [1.82, 2.24) is 0 Å². The molecule has 0 aliphatic carbocycles. The van der Waals surface area contributed by atoms with Gasteiger partial charge in [-0.2, -0.15) is 0 Å². The van der Waals surface area contributed by atoms with Gasteiger partial charge in [-0.3, -0.25) is 9.59 Å². The first-order chi connectivity index (χ1) is 4.54. The molecule has 0 aliphatic rings. The Morgan fingerprint density at radius 2 is 1.09 bits per heavy atom. The van der Waals surface area contributed by atoms with Gasteiger partial charge in [0.25, 0.3) is 0 Å². The van der Waals surface area contributed by atoms with E-state index in [9.17, 15) is 9.59 Å². The molecule has 4 nitrogen and oxygen atoms in total. The molecule has 11 heavy (non-hydrogen) atoms. The van der Waals surface area contributed by atoms with Gasteiger partial charge in [-0.1, -0.05) is 13.8 Å². The summed E-state index contributed by atoms with van der Waals surface area (Å²) < 4.78 is 0. The van der Waals surface area contributed by atoms with E-state index >= 15 is 0 Å². The number of carbonyl (C=O) groups is 2. The smallest absolute Gasteiger partial charge is 0.217 e. The van der Waals surface area contributed by atoms with Gasteiger partial charge in [-0.05, 0) is 0 Å². The Bertz CT molecular complexity index is 103. The molecule has 5 heteroatoms. The number of rotatable bonds is 2. The summed E-state index contributed by atoms with van der Waals surface area (Å²) in [5.74, 6) is -0.491. The molecule has 0 aromatic rings. The molecule has 0 bridgehead atoms. The molecule has 0 saturated carbocycles. The first kappa shape index (κ1) is 16.9. The number of carbonyl (C=O) groups excluding carboxylic acids is 2. The molecular weight excluding hydrogens is 139 g/mol. The fourth-order valence-electron chi connectivity index (χ4n) is 0. The maximum absolute atomic E-state index is 9.59. The average molecular weight is 153 g/mol. The first-order valence-corrected chi connectivity index (χ1v) is 3.11. The summed E-state index contributed by atoms with van der Waals surface area (Å²) in [6.07, 6.45) is 0.889. The SMILES string of the molecule is CCC(N)=O.CCC(N)=O.[Li]. The number of nitrogens with two attached hydrogens (primary N) is 2. The van der Waals surface area contributed by atoms with Gasteiger partial charge in [-0.15, -0.1) is 0 Å². The van der Waals surface area contributed by atoms with Crippen LogP contribution < -0.4 is 11.5 Å². The summed E-state index contributed by atoms with van der Waals surface area (Å²) in [7, 11) is 0. The Labute approximate surface area is 78.9 Å². The normalized spacial score (nSPS) is 6.73. The second-order valence-electron chi connectivity index (χ2n) is 1.64. The van der Waals surface area contributed by atoms with Gasteiger partial charge in [0.2, 0.25) is 11.8 Å². The topological polar surface area (TPSA) is 86.2 Å². The minimum Gasteiger partial charge on any atom is -0.370 e. The van der Waals surface area contributed by atoms with Gasteiger partial charge in [-0.25, -0.2) is 0 Å². The summed E-state index contributed by atoms with van der Waals surface area (Å²) in [5, 5.41) is 0. The van der Waals surface area contributed by atoms with Crippen LogP contribution in [0, 0.1) is 0 Å². The van der Waals surface area contributed by atoms with E-state index in [2.05, 4.69) is 11.5 Å². The number of hydrogen-bond acceptors (Lipinski definition) is 2. The predicted octanol–water partition coefficient (Wildman–Crippen LogP) is -0.617. The molecule has 0 aliphatic heterocycles. The van der Waals surface area contributed by atoms with Crippen molar-refractivity contribution in [3.8, 4) is 0 Å². The van der Waals surface area contributed by atoms with Gasteiger partial charge >= 0.3 is 0 Å². The van der Waals surface area contributed by atoms with E-state index in [-0.39, 0.29) is 30.7 Å². The van der Waals surface area contributed by atoms with Crippen molar-refractivity contribution in [3.05, 3.63) is 0 Å². The van der Waals surface area contributed by atoms with E-state index in [1.165, 1.54) is 0 Å². The van der Waals surface area contributed by atoms with E-state index in [1.54, 1.807) is 13.8 Å². The zero-order valence-electron chi connectivity index (χ0n) is 7.39. The third-order valence-corrected chi connectivity index (χ3v) is 0.697. The Morgan fingerprint density at radius 1 is 1.00 bits per heavy atom. The van der Waals surface area contributed by atoms with Crippen LogP contribution in [0.15, 0.2) is 0 Å². The van der Waals surface area contributed by atoms with Crippen LogP contribution in [-0.4, -0.2) is 30.7 Å². The van der Waals surface area contributed by atoms with Crippen molar-refractivity contribution < 1.29 is 9.59 Å². The van der Waals surface area contributed by atoms with E-state index < -0.39 is 0 Å². The monoisotopic (exact) mass is 153 g/mol. The molecule has 0 fully saturated rings. The molecule has 1 radical (unpaired) electrons. The van der Waals surface area contributed by atoms with Gasteiger partial charge in [0.05, 0.1) is 0 Å². The minimum absolute atomic E-state index is 0. The van der Waals surface area contributed by atoms with Crippen molar-refractivity contribution >= 4 is 30.7 Å². The van der Waals surface area contributed by atoms with Crippen molar-refractivity contribution in [2.45, 2.75) is 26.7 Å². The van der Waals surface area contributed by atoms with Crippen LogP contribution in [0.5, 0.6) is 0 Å². The third kappa shape index (κ3) is 43.3. The van der Waals surface area contributed by atoms with Crippen LogP contribution in [0.3, 0.4) is 0 Å². The van der Waals surface area contributed by atoms with Crippen molar-refractivity contribution in [2.75, 3.05) is 0 Å². The Morgan fingerprint density at radius 3 is 1.09 bits per heavy atom. The summed E-state index contributed by atoms with van der Waals surface area (Å²) in [6.45, 7) is 3.45. The maximum atomic E-state index is 9.59. The molecule has 2 amide bonds. The van der Waals surface area contributed by atoms with E-state index in [0.717, 1.165) is 0 Å². The molecule has 61 valence electrons. The Hall–Kier alpha value is -0.463. The zero-order chi connectivity index (χ0) is 8.57. The molecule has 0 atom stereocenters. The van der Waals surface area contributed by atoms with Crippen molar-refractivity contribution in [2.24, 2.45) is 11.5 Å². The standard InChI is InChI=1S/2C3H7NO.Li/c2*1-2-3(4)5;/h2*2H2,1H3,(H2,4,5);. The van der Waals surface area contributed by atoms with Gasteiger partial charge in [0, 0.05) is 31.7 Å². The van der Waals surface area contributed by atoms with Gasteiger partial charge < -0.3 is 11.5 Å². The molecule has 0 spiro atoms. The second kappa shape index (κ2) is 12.2. The molecule has 0 unspecified atom stereocenters. The number of amides is 2. The average Bonchev–Trinajstić information content (AvgIpc) is 1.89.